The van der Waals surface area contributed by atoms with E-state index in [0.29, 0.717) is 28.8 Å². The van der Waals surface area contributed by atoms with Crippen molar-refractivity contribution < 1.29 is 19.4 Å². The van der Waals surface area contributed by atoms with E-state index in [1.165, 1.54) is 30.0 Å². The molecule has 4 aromatic rings. The van der Waals surface area contributed by atoms with Crippen LogP contribution in [-0.2, 0) is 6.54 Å². The highest BCUT2D eigenvalue weighted by molar-refractivity contribution is 7.99. The fourth-order valence-corrected chi connectivity index (χ4v) is 3.63. The number of carbonyl (C=O) groups is 1. The van der Waals surface area contributed by atoms with E-state index in [2.05, 4.69) is 10.2 Å². The van der Waals surface area contributed by atoms with E-state index >= 15 is 0 Å². The van der Waals surface area contributed by atoms with E-state index in [1.807, 2.05) is 41.0 Å². The van der Waals surface area contributed by atoms with Gasteiger partial charge in [-0.15, -0.1) is 10.2 Å². The number of Topliss-reactive ketones (excluding diaryl/α,β-unsaturated/α-hetero) is 1. The molecule has 0 atom stereocenters. The molecular formula is C21H17N3O4S. The van der Waals surface area contributed by atoms with Gasteiger partial charge in [0, 0.05) is 5.56 Å². The van der Waals surface area contributed by atoms with Crippen LogP contribution in [0.25, 0.3) is 11.6 Å². The third-order valence-corrected chi connectivity index (χ3v) is 5.24. The lowest BCUT2D eigenvalue weighted by Gasteiger charge is -2.09. The molecule has 146 valence electrons. The van der Waals surface area contributed by atoms with Crippen molar-refractivity contribution in [3.05, 3.63) is 78.1 Å². The van der Waals surface area contributed by atoms with Crippen LogP contribution >= 0.6 is 11.8 Å². The summed E-state index contributed by atoms with van der Waals surface area (Å²) in [6, 6.07) is 17.5. The first-order valence-electron chi connectivity index (χ1n) is 8.81. The molecule has 0 saturated carbocycles. The third kappa shape index (κ3) is 4.17. The molecule has 8 heteroatoms. The first kappa shape index (κ1) is 18.8. The van der Waals surface area contributed by atoms with Crippen LogP contribution in [0.3, 0.4) is 0 Å². The van der Waals surface area contributed by atoms with Crippen molar-refractivity contribution in [1.29, 1.82) is 0 Å². The second kappa shape index (κ2) is 8.24. The van der Waals surface area contributed by atoms with Crippen LogP contribution in [0.5, 0.6) is 11.5 Å². The van der Waals surface area contributed by atoms with Crippen LogP contribution in [0.2, 0.25) is 0 Å². The molecule has 2 N–H and O–H groups in total. The molecule has 0 radical (unpaired) electrons. The van der Waals surface area contributed by atoms with Crippen LogP contribution in [0.1, 0.15) is 15.9 Å². The Balaban J connectivity index is 1.58. The van der Waals surface area contributed by atoms with Crippen molar-refractivity contribution in [2.75, 3.05) is 5.75 Å². The fourth-order valence-electron chi connectivity index (χ4n) is 2.80. The van der Waals surface area contributed by atoms with Crippen LogP contribution < -0.4 is 0 Å². The minimum atomic E-state index is -0.326. The normalized spacial score (nSPS) is 10.9. The van der Waals surface area contributed by atoms with E-state index < -0.39 is 0 Å². The average molecular weight is 407 g/mol. The largest absolute Gasteiger partial charge is 0.504 e. The molecule has 2 aromatic carbocycles. The summed E-state index contributed by atoms with van der Waals surface area (Å²) in [4.78, 5) is 12.5. The molecule has 7 nitrogen and oxygen atoms in total. The number of nitrogens with zero attached hydrogens (tertiary/aromatic N) is 3. The van der Waals surface area contributed by atoms with Crippen molar-refractivity contribution in [3.8, 4) is 23.1 Å². The zero-order chi connectivity index (χ0) is 20.2. The Morgan fingerprint density at radius 3 is 2.55 bits per heavy atom. The summed E-state index contributed by atoms with van der Waals surface area (Å²) >= 11 is 1.25. The lowest BCUT2D eigenvalue weighted by molar-refractivity contribution is 0.102. The number of hydrogen-bond acceptors (Lipinski definition) is 7. The second-order valence-electron chi connectivity index (χ2n) is 6.27. The van der Waals surface area contributed by atoms with Crippen molar-refractivity contribution >= 4 is 17.5 Å². The van der Waals surface area contributed by atoms with Gasteiger partial charge in [-0.25, -0.2) is 0 Å². The summed E-state index contributed by atoms with van der Waals surface area (Å²) in [5.74, 6) is 0.494. The summed E-state index contributed by atoms with van der Waals surface area (Å²) < 4.78 is 7.38. The molecule has 0 saturated heterocycles. The van der Waals surface area contributed by atoms with Gasteiger partial charge < -0.3 is 14.6 Å². The Bertz CT molecular complexity index is 1120. The van der Waals surface area contributed by atoms with Crippen molar-refractivity contribution in [2.45, 2.75) is 11.7 Å². The molecule has 0 bridgehead atoms. The highest BCUT2D eigenvalue weighted by atomic mass is 32.2. The van der Waals surface area contributed by atoms with Crippen LogP contribution in [0, 0.1) is 0 Å². The second-order valence-corrected chi connectivity index (χ2v) is 7.21. The van der Waals surface area contributed by atoms with Gasteiger partial charge in [-0.1, -0.05) is 42.1 Å². The van der Waals surface area contributed by atoms with Gasteiger partial charge in [0.05, 0.1) is 18.6 Å². The molecule has 0 aliphatic carbocycles. The molecule has 0 aliphatic rings. The van der Waals surface area contributed by atoms with Crippen molar-refractivity contribution in [2.24, 2.45) is 0 Å². The Morgan fingerprint density at radius 2 is 1.83 bits per heavy atom. The van der Waals surface area contributed by atoms with Crippen molar-refractivity contribution in [1.82, 2.24) is 14.8 Å². The lowest BCUT2D eigenvalue weighted by atomic mass is 10.1. The minimum Gasteiger partial charge on any atom is -0.504 e. The first-order valence-corrected chi connectivity index (χ1v) is 9.79. The quantitative estimate of drug-likeness (QED) is 0.271. The average Bonchev–Trinajstić information content (AvgIpc) is 3.39. The van der Waals surface area contributed by atoms with E-state index in [1.54, 1.807) is 12.3 Å². The molecule has 29 heavy (non-hydrogen) atoms. The van der Waals surface area contributed by atoms with Gasteiger partial charge in [-0.3, -0.25) is 9.36 Å². The number of aromatic hydroxyl groups is 2. The van der Waals surface area contributed by atoms with Gasteiger partial charge in [0.2, 0.25) is 5.82 Å². The van der Waals surface area contributed by atoms with Gasteiger partial charge >= 0.3 is 0 Å². The van der Waals surface area contributed by atoms with Gasteiger partial charge in [-0.05, 0) is 35.9 Å². The Hall–Kier alpha value is -3.52. The third-order valence-electron chi connectivity index (χ3n) is 4.27. The molecular weight excluding hydrogens is 390 g/mol. The summed E-state index contributed by atoms with van der Waals surface area (Å²) in [6.45, 7) is 0.528. The van der Waals surface area contributed by atoms with Crippen LogP contribution in [0.4, 0.5) is 0 Å². The summed E-state index contributed by atoms with van der Waals surface area (Å²) in [7, 11) is 0. The van der Waals surface area contributed by atoms with E-state index in [0.717, 1.165) is 5.56 Å². The van der Waals surface area contributed by atoms with Gasteiger partial charge in [-0.2, -0.15) is 0 Å². The Morgan fingerprint density at radius 1 is 1.00 bits per heavy atom. The maximum Gasteiger partial charge on any atom is 0.200 e. The number of phenols is 2. The predicted molar refractivity (Wildman–Crippen MR) is 108 cm³/mol. The summed E-state index contributed by atoms with van der Waals surface area (Å²) in [6.07, 6.45) is 1.57. The molecule has 2 heterocycles. The number of furan rings is 1. The topological polar surface area (TPSA) is 101 Å². The molecule has 0 unspecified atom stereocenters. The maximum atomic E-state index is 12.5. The molecule has 0 aliphatic heterocycles. The Labute approximate surface area is 170 Å². The van der Waals surface area contributed by atoms with Gasteiger partial charge in [0.25, 0.3) is 0 Å². The van der Waals surface area contributed by atoms with Crippen molar-refractivity contribution in [3.63, 3.8) is 0 Å². The highest BCUT2D eigenvalue weighted by Crippen LogP contribution is 2.28. The monoisotopic (exact) mass is 407 g/mol. The fraction of sp³-hybridized carbons (Fsp3) is 0.0952. The number of rotatable bonds is 7. The first-order chi connectivity index (χ1) is 14.1. The number of carbonyl (C=O) groups excluding carboxylic acids is 1. The molecule has 2 aromatic heterocycles. The molecule has 0 fully saturated rings. The van der Waals surface area contributed by atoms with Crippen LogP contribution in [0.15, 0.2) is 76.5 Å². The van der Waals surface area contributed by atoms with Gasteiger partial charge in [0.1, 0.15) is 0 Å². The van der Waals surface area contributed by atoms with E-state index in [4.69, 9.17) is 4.42 Å². The molecule has 0 amide bonds. The Kier molecular flexibility index (Phi) is 5.35. The predicted octanol–water partition coefficient (Wildman–Crippen LogP) is 3.97. The number of thioether (sulfide) groups is 1. The van der Waals surface area contributed by atoms with Gasteiger partial charge in [0.15, 0.2) is 28.2 Å². The number of hydrogen-bond donors (Lipinski definition) is 2. The number of benzene rings is 2. The molecule has 4 rings (SSSR count). The SMILES string of the molecule is O=C(CSc1nnc(-c2ccco2)n1Cc1ccccc1)c1ccc(O)c(O)c1. The lowest BCUT2D eigenvalue weighted by Crippen LogP contribution is -2.07. The minimum absolute atomic E-state index is 0.106. The zero-order valence-electron chi connectivity index (χ0n) is 15.2. The standard InChI is InChI=1S/C21H17N3O4S/c25-16-9-8-15(11-17(16)26)18(27)13-29-21-23-22-20(19-7-4-10-28-19)24(21)12-14-5-2-1-3-6-14/h1-11,25-26H,12-13H2. The summed E-state index contributed by atoms with van der Waals surface area (Å²) in [5, 5.41) is 28.1. The smallest absolute Gasteiger partial charge is 0.200 e. The highest BCUT2D eigenvalue weighted by Gasteiger charge is 2.18. The summed E-state index contributed by atoms with van der Waals surface area (Å²) in [5.41, 5.74) is 1.38. The molecule has 0 spiro atoms. The van der Waals surface area contributed by atoms with Crippen LogP contribution in [-0.4, -0.2) is 36.5 Å². The van der Waals surface area contributed by atoms with E-state index in [-0.39, 0.29) is 23.0 Å². The number of ketones is 1. The van der Waals surface area contributed by atoms with E-state index in [9.17, 15) is 15.0 Å². The maximum absolute atomic E-state index is 12.5. The number of phenolic OH excluding ortho intramolecular Hbond substituents is 2. The zero-order valence-corrected chi connectivity index (χ0v) is 16.0. The number of aromatic nitrogens is 3.